The lowest BCUT2D eigenvalue weighted by Crippen LogP contribution is -2.27. The quantitative estimate of drug-likeness (QED) is 0.619. The van der Waals surface area contributed by atoms with Crippen LogP contribution in [0.4, 0.5) is 29.3 Å². The van der Waals surface area contributed by atoms with E-state index >= 15 is 0 Å². The minimum Gasteiger partial charge on any atom is -0.444 e. The molecule has 0 radical (unpaired) electrons. The number of hydrogen-bond acceptors (Lipinski definition) is 6. The lowest BCUT2D eigenvalue weighted by Gasteiger charge is -2.21. The Morgan fingerprint density at radius 3 is 2.19 bits per heavy atom. The van der Waals surface area contributed by atoms with Crippen molar-refractivity contribution in [1.29, 1.82) is 0 Å². The molecule has 13 heteroatoms. The fourth-order valence-electron chi connectivity index (χ4n) is 2.22. The SMILES string of the molecule is CNS(=O)(=O)c1ccc(C(=O)Nc2cc(C(F)(F)F)ccc2NC(=O)OC(C)(C)C)o1. The predicted molar refractivity (Wildman–Crippen MR) is 104 cm³/mol. The van der Waals surface area contributed by atoms with E-state index in [1.54, 1.807) is 20.8 Å². The van der Waals surface area contributed by atoms with Gasteiger partial charge in [0.2, 0.25) is 5.09 Å². The van der Waals surface area contributed by atoms with Crippen molar-refractivity contribution in [2.24, 2.45) is 0 Å². The molecule has 3 N–H and O–H groups in total. The van der Waals surface area contributed by atoms with E-state index in [0.29, 0.717) is 12.1 Å². The molecule has 0 aliphatic heterocycles. The van der Waals surface area contributed by atoms with E-state index in [1.807, 2.05) is 4.72 Å². The third kappa shape index (κ3) is 6.46. The van der Waals surface area contributed by atoms with Crippen LogP contribution in [0.15, 0.2) is 39.8 Å². The Morgan fingerprint density at radius 2 is 1.65 bits per heavy atom. The van der Waals surface area contributed by atoms with Crippen LogP contribution in [0.2, 0.25) is 0 Å². The number of benzene rings is 1. The highest BCUT2D eigenvalue weighted by molar-refractivity contribution is 7.89. The minimum atomic E-state index is -4.72. The first-order valence-corrected chi connectivity index (χ1v) is 10.2. The topological polar surface area (TPSA) is 127 Å². The number of hydrogen-bond donors (Lipinski definition) is 3. The van der Waals surface area contributed by atoms with Crippen molar-refractivity contribution in [2.75, 3.05) is 17.7 Å². The molecule has 0 unspecified atom stereocenters. The van der Waals surface area contributed by atoms with Gasteiger partial charge < -0.3 is 14.5 Å². The number of carbonyl (C=O) groups is 2. The Morgan fingerprint density at radius 1 is 1.00 bits per heavy atom. The van der Waals surface area contributed by atoms with Crippen LogP contribution in [0, 0.1) is 0 Å². The van der Waals surface area contributed by atoms with Gasteiger partial charge in [-0.05, 0) is 58.2 Å². The van der Waals surface area contributed by atoms with Gasteiger partial charge in [0.25, 0.3) is 15.9 Å². The van der Waals surface area contributed by atoms with Crippen molar-refractivity contribution >= 4 is 33.4 Å². The number of amides is 2. The first kappa shape index (κ1) is 24.2. The summed E-state index contributed by atoms with van der Waals surface area (Å²) >= 11 is 0. The monoisotopic (exact) mass is 463 g/mol. The van der Waals surface area contributed by atoms with Crippen LogP contribution in [-0.2, 0) is 20.9 Å². The zero-order valence-corrected chi connectivity index (χ0v) is 17.7. The highest BCUT2D eigenvalue weighted by atomic mass is 32.2. The summed E-state index contributed by atoms with van der Waals surface area (Å²) in [6, 6.07) is 4.31. The summed E-state index contributed by atoms with van der Waals surface area (Å²) in [6.45, 7) is 4.78. The largest absolute Gasteiger partial charge is 0.444 e. The molecule has 0 saturated heterocycles. The maximum atomic E-state index is 13.1. The fraction of sp³-hybridized carbons (Fsp3) is 0.333. The third-order valence-electron chi connectivity index (χ3n) is 3.57. The minimum absolute atomic E-state index is 0.176. The van der Waals surface area contributed by atoms with Crippen LogP contribution in [0.5, 0.6) is 0 Å². The van der Waals surface area contributed by atoms with Gasteiger partial charge in [-0.1, -0.05) is 0 Å². The Labute approximate surface area is 176 Å². The maximum absolute atomic E-state index is 13.1. The van der Waals surface area contributed by atoms with Gasteiger partial charge in [0.15, 0.2) is 5.76 Å². The van der Waals surface area contributed by atoms with Gasteiger partial charge in [-0.15, -0.1) is 0 Å². The van der Waals surface area contributed by atoms with Gasteiger partial charge in [0.1, 0.15) is 5.60 Å². The van der Waals surface area contributed by atoms with Gasteiger partial charge >= 0.3 is 12.3 Å². The number of nitrogens with one attached hydrogen (secondary N) is 3. The first-order chi connectivity index (χ1) is 14.1. The summed E-state index contributed by atoms with van der Waals surface area (Å²) in [6.07, 6.45) is -5.68. The van der Waals surface area contributed by atoms with Crippen molar-refractivity contribution in [3.05, 3.63) is 41.7 Å². The molecular formula is C18H20F3N3O6S. The molecule has 1 aromatic heterocycles. The molecule has 0 fully saturated rings. The lowest BCUT2D eigenvalue weighted by molar-refractivity contribution is -0.137. The number of anilines is 2. The molecule has 0 saturated carbocycles. The second-order valence-electron chi connectivity index (χ2n) is 7.17. The van der Waals surface area contributed by atoms with Crippen LogP contribution in [0.25, 0.3) is 0 Å². The molecule has 2 aromatic rings. The smallest absolute Gasteiger partial charge is 0.416 e. The number of halogens is 3. The molecule has 31 heavy (non-hydrogen) atoms. The lowest BCUT2D eigenvalue weighted by atomic mass is 10.1. The highest BCUT2D eigenvalue weighted by Crippen LogP contribution is 2.34. The normalized spacial score (nSPS) is 12.4. The van der Waals surface area contributed by atoms with Gasteiger partial charge in [-0.2, -0.15) is 13.2 Å². The molecule has 0 bridgehead atoms. The van der Waals surface area contributed by atoms with Crippen LogP contribution in [0.1, 0.15) is 36.9 Å². The maximum Gasteiger partial charge on any atom is 0.416 e. The van der Waals surface area contributed by atoms with Gasteiger partial charge in [0, 0.05) is 0 Å². The summed E-state index contributed by atoms with van der Waals surface area (Å²) in [5.74, 6) is -1.52. The molecule has 0 spiro atoms. The van der Waals surface area contributed by atoms with Crippen LogP contribution in [0.3, 0.4) is 0 Å². The van der Waals surface area contributed by atoms with Gasteiger partial charge in [-0.25, -0.2) is 17.9 Å². The number of rotatable bonds is 5. The number of furan rings is 1. The Kier molecular flexibility index (Phi) is 6.71. The van der Waals surface area contributed by atoms with E-state index in [4.69, 9.17) is 9.15 Å². The Hall–Kier alpha value is -3.06. The highest BCUT2D eigenvalue weighted by Gasteiger charge is 2.32. The average Bonchev–Trinajstić information content (AvgIpc) is 3.11. The summed E-state index contributed by atoms with van der Waals surface area (Å²) < 4.78 is 74.8. The predicted octanol–water partition coefficient (Wildman–Crippen LogP) is 3.81. The van der Waals surface area contributed by atoms with E-state index < -0.39 is 55.9 Å². The standard InChI is InChI=1S/C18H20F3N3O6S/c1-17(2,3)30-16(26)24-11-6-5-10(18(19,20)21)9-12(11)23-15(25)13-7-8-14(29-13)31(27,28)22-4/h5-9,22H,1-4H3,(H,23,25)(H,24,26). The second-order valence-corrected chi connectivity index (χ2v) is 8.98. The molecule has 170 valence electrons. The first-order valence-electron chi connectivity index (χ1n) is 8.68. The van der Waals surface area contributed by atoms with Crippen molar-refractivity contribution in [3.8, 4) is 0 Å². The molecule has 1 aromatic carbocycles. The number of ether oxygens (including phenoxy) is 1. The number of alkyl halides is 3. The van der Waals surface area contributed by atoms with Gasteiger partial charge in [-0.3, -0.25) is 10.1 Å². The molecule has 0 aliphatic carbocycles. The molecule has 1 heterocycles. The van der Waals surface area contributed by atoms with E-state index in [0.717, 1.165) is 25.2 Å². The summed E-state index contributed by atoms with van der Waals surface area (Å²) in [4.78, 5) is 24.4. The Balaban J connectivity index is 2.36. The zero-order valence-electron chi connectivity index (χ0n) is 16.9. The van der Waals surface area contributed by atoms with Crippen LogP contribution >= 0.6 is 0 Å². The van der Waals surface area contributed by atoms with E-state index in [9.17, 15) is 31.2 Å². The van der Waals surface area contributed by atoms with Crippen LogP contribution in [-0.4, -0.2) is 33.1 Å². The van der Waals surface area contributed by atoms with Crippen molar-refractivity contribution < 1.29 is 40.3 Å². The fourth-order valence-corrected chi connectivity index (χ4v) is 2.87. The second kappa shape index (κ2) is 8.59. The van der Waals surface area contributed by atoms with Gasteiger partial charge in [0.05, 0.1) is 16.9 Å². The van der Waals surface area contributed by atoms with E-state index in [2.05, 4.69) is 10.6 Å². The van der Waals surface area contributed by atoms with Crippen molar-refractivity contribution in [3.63, 3.8) is 0 Å². The Bertz CT molecular complexity index is 1090. The average molecular weight is 463 g/mol. The van der Waals surface area contributed by atoms with Crippen LogP contribution < -0.4 is 15.4 Å². The molecule has 0 aliphatic rings. The third-order valence-corrected chi connectivity index (χ3v) is 4.86. The van der Waals surface area contributed by atoms with E-state index in [-0.39, 0.29) is 5.69 Å². The number of carbonyl (C=O) groups excluding carboxylic acids is 2. The van der Waals surface area contributed by atoms with Crippen molar-refractivity contribution in [1.82, 2.24) is 4.72 Å². The molecule has 2 rings (SSSR count). The molecular weight excluding hydrogens is 443 g/mol. The van der Waals surface area contributed by atoms with E-state index in [1.165, 1.54) is 0 Å². The van der Waals surface area contributed by atoms with Crippen molar-refractivity contribution in [2.45, 2.75) is 37.6 Å². The zero-order chi connectivity index (χ0) is 23.6. The summed E-state index contributed by atoms with van der Waals surface area (Å²) in [5, 5.41) is 3.87. The molecule has 2 amide bonds. The molecule has 9 nitrogen and oxygen atoms in total. The number of sulfonamides is 1. The summed E-state index contributed by atoms with van der Waals surface area (Å²) in [7, 11) is -2.84. The summed E-state index contributed by atoms with van der Waals surface area (Å²) in [5.41, 5.74) is -2.54. The molecule has 0 atom stereocenters.